The van der Waals surface area contributed by atoms with Crippen molar-refractivity contribution in [3.05, 3.63) is 23.7 Å². The van der Waals surface area contributed by atoms with E-state index in [2.05, 4.69) is 12.2 Å². The Kier molecular flexibility index (Phi) is 4.57. The lowest BCUT2D eigenvalue weighted by molar-refractivity contribution is 0.0487. The average molecular weight is 263 g/mol. The van der Waals surface area contributed by atoms with Crippen LogP contribution in [0, 0.1) is 0 Å². The van der Waals surface area contributed by atoms with E-state index < -0.39 is 5.97 Å². The molecule has 1 aromatic rings. The third kappa shape index (κ3) is 3.39. The summed E-state index contributed by atoms with van der Waals surface area (Å²) in [5.41, 5.74) is 5.29. The number of thiocarbonyl (C=S) groups is 1. The zero-order chi connectivity index (χ0) is 12.1. The number of nitrogens with zero attached hydrogens (tertiary/aromatic N) is 1. The van der Waals surface area contributed by atoms with E-state index in [1.807, 2.05) is 0 Å². The Hall–Kier alpha value is -1.27. The molecule has 1 aromatic heterocycles. The molecule has 0 bridgehead atoms. The second-order valence-electron chi connectivity index (χ2n) is 2.84. The minimum atomic E-state index is -0.509. The monoisotopic (exact) mass is 262 g/mol. The van der Waals surface area contributed by atoms with Crippen molar-refractivity contribution in [2.45, 2.75) is 13.5 Å². The first-order valence-corrected chi connectivity index (χ1v) is 5.27. The van der Waals surface area contributed by atoms with E-state index in [1.165, 1.54) is 6.07 Å². The van der Waals surface area contributed by atoms with E-state index >= 15 is 0 Å². The molecule has 5 nitrogen and oxygen atoms in total. The first-order chi connectivity index (χ1) is 7.54. The van der Waals surface area contributed by atoms with Crippen molar-refractivity contribution in [1.29, 1.82) is 0 Å². The predicted octanol–water partition coefficient (Wildman–Crippen LogP) is 1.66. The third-order valence-corrected chi connectivity index (χ3v) is 2.29. The molecule has 0 saturated heterocycles. The first-order valence-electron chi connectivity index (χ1n) is 4.53. The second kappa shape index (κ2) is 5.72. The predicted molar refractivity (Wildman–Crippen MR) is 62.8 cm³/mol. The van der Waals surface area contributed by atoms with Crippen LogP contribution in [-0.4, -0.2) is 22.1 Å². The number of hydrogen-bond donors (Lipinski definition) is 1. The molecule has 1 heterocycles. The van der Waals surface area contributed by atoms with E-state index in [-0.39, 0.29) is 17.4 Å². The van der Waals surface area contributed by atoms with Crippen molar-refractivity contribution in [2.75, 3.05) is 6.61 Å². The normalized spacial score (nSPS) is 9.88. The number of furan rings is 1. The quantitative estimate of drug-likeness (QED) is 0.506. The summed E-state index contributed by atoms with van der Waals surface area (Å²) in [4.78, 5) is 11.3. The van der Waals surface area contributed by atoms with Crippen LogP contribution in [-0.2, 0) is 11.3 Å². The van der Waals surface area contributed by atoms with Gasteiger partial charge in [0.05, 0.1) is 13.2 Å². The van der Waals surface area contributed by atoms with Crippen LogP contribution in [0.3, 0.4) is 0 Å². The molecule has 88 valence electrons. The summed E-state index contributed by atoms with van der Waals surface area (Å²) < 4.78 is 11.1. The number of carbonyl (C=O) groups excluding carboxylic acids is 1. The highest BCUT2D eigenvalue weighted by Crippen LogP contribution is 2.12. The molecule has 0 radical (unpaired) electrons. The smallest absolute Gasteiger partial charge is 0.374 e. The van der Waals surface area contributed by atoms with Crippen molar-refractivity contribution >= 4 is 35.1 Å². The molecule has 0 spiro atoms. The van der Waals surface area contributed by atoms with Gasteiger partial charge in [0.15, 0.2) is 5.11 Å². The standard InChI is InChI=1S/C9H11ClN2O3S/c1-2-14-8(13)7-4-3-6(15-7)5-12(10)9(11)16/h3-4H,2,5H2,1H3,(H2,11,16). The van der Waals surface area contributed by atoms with Crippen molar-refractivity contribution < 1.29 is 13.9 Å². The van der Waals surface area contributed by atoms with Crippen LogP contribution < -0.4 is 5.73 Å². The molecular weight excluding hydrogens is 252 g/mol. The number of halogens is 1. The summed E-state index contributed by atoms with van der Waals surface area (Å²) in [6.07, 6.45) is 0. The Bertz CT molecular complexity index is 394. The van der Waals surface area contributed by atoms with Gasteiger partial charge >= 0.3 is 5.97 Å². The van der Waals surface area contributed by atoms with Crippen LogP contribution in [0.15, 0.2) is 16.5 Å². The Labute approximate surface area is 103 Å². The fourth-order valence-electron chi connectivity index (χ4n) is 0.990. The SMILES string of the molecule is CCOC(=O)c1ccc(CN(Cl)C(N)=S)o1. The summed E-state index contributed by atoms with van der Waals surface area (Å²) >= 11 is 10.3. The molecule has 0 aliphatic heterocycles. The minimum Gasteiger partial charge on any atom is -0.460 e. The molecule has 0 unspecified atom stereocenters. The number of nitrogens with two attached hydrogens (primary N) is 1. The zero-order valence-corrected chi connectivity index (χ0v) is 10.2. The minimum absolute atomic E-state index is 0.0377. The molecule has 0 aromatic carbocycles. The molecule has 0 aliphatic carbocycles. The van der Waals surface area contributed by atoms with Gasteiger partial charge in [-0.15, -0.1) is 0 Å². The van der Waals surface area contributed by atoms with Crippen molar-refractivity contribution in [3.8, 4) is 0 Å². The molecule has 1 rings (SSSR count). The fraction of sp³-hybridized carbons (Fsp3) is 0.333. The molecular formula is C9H11ClN2O3S. The van der Waals surface area contributed by atoms with Crippen LogP contribution >= 0.6 is 24.0 Å². The van der Waals surface area contributed by atoms with Crippen LogP contribution in [0.4, 0.5) is 0 Å². The summed E-state index contributed by atoms with van der Waals surface area (Å²) in [5, 5.41) is 0.0377. The first kappa shape index (κ1) is 12.8. The lowest BCUT2D eigenvalue weighted by Gasteiger charge is -2.10. The summed E-state index contributed by atoms with van der Waals surface area (Å²) in [5.74, 6) is 0.0981. The van der Waals surface area contributed by atoms with E-state index in [0.717, 1.165) is 4.42 Å². The molecule has 0 fully saturated rings. The second-order valence-corrected chi connectivity index (χ2v) is 3.67. The van der Waals surface area contributed by atoms with E-state index in [0.29, 0.717) is 12.4 Å². The van der Waals surface area contributed by atoms with Gasteiger partial charge in [-0.3, -0.25) is 4.42 Å². The Morgan fingerprint density at radius 1 is 1.69 bits per heavy atom. The van der Waals surface area contributed by atoms with Crippen LogP contribution in [0.2, 0.25) is 0 Å². The highest BCUT2D eigenvalue weighted by atomic mass is 35.5. The number of rotatable bonds is 4. The lowest BCUT2D eigenvalue weighted by Crippen LogP contribution is -2.26. The van der Waals surface area contributed by atoms with Gasteiger partial charge in [-0.05, 0) is 31.3 Å². The van der Waals surface area contributed by atoms with Gasteiger partial charge in [0.25, 0.3) is 0 Å². The number of ether oxygens (including phenoxy) is 1. The molecule has 0 amide bonds. The maximum atomic E-state index is 11.3. The van der Waals surface area contributed by atoms with Crippen molar-refractivity contribution in [3.63, 3.8) is 0 Å². The number of esters is 1. The van der Waals surface area contributed by atoms with Gasteiger partial charge < -0.3 is 14.9 Å². The largest absolute Gasteiger partial charge is 0.460 e. The van der Waals surface area contributed by atoms with E-state index in [1.54, 1.807) is 13.0 Å². The maximum Gasteiger partial charge on any atom is 0.374 e. The van der Waals surface area contributed by atoms with Gasteiger partial charge in [-0.1, -0.05) is 0 Å². The Morgan fingerprint density at radius 2 is 2.38 bits per heavy atom. The Balaban J connectivity index is 2.64. The van der Waals surface area contributed by atoms with Gasteiger partial charge in [0, 0.05) is 11.8 Å². The zero-order valence-electron chi connectivity index (χ0n) is 8.60. The van der Waals surface area contributed by atoms with Crippen molar-refractivity contribution in [2.24, 2.45) is 5.73 Å². The maximum absolute atomic E-state index is 11.3. The fourth-order valence-corrected chi connectivity index (χ4v) is 1.17. The molecule has 0 atom stereocenters. The van der Waals surface area contributed by atoms with Crippen LogP contribution in [0.25, 0.3) is 0 Å². The molecule has 0 aliphatic rings. The van der Waals surface area contributed by atoms with Gasteiger partial charge in [0.1, 0.15) is 5.76 Å². The van der Waals surface area contributed by atoms with Crippen molar-refractivity contribution in [1.82, 2.24) is 4.42 Å². The highest BCUT2D eigenvalue weighted by molar-refractivity contribution is 7.80. The summed E-state index contributed by atoms with van der Waals surface area (Å²) in [6, 6.07) is 3.12. The summed E-state index contributed by atoms with van der Waals surface area (Å²) in [6.45, 7) is 2.20. The van der Waals surface area contributed by atoms with E-state index in [4.69, 9.17) is 26.7 Å². The Morgan fingerprint density at radius 3 is 2.94 bits per heavy atom. The summed E-state index contributed by atoms with van der Waals surface area (Å²) in [7, 11) is 0. The average Bonchev–Trinajstić information content (AvgIpc) is 2.66. The van der Waals surface area contributed by atoms with Gasteiger partial charge in [-0.25, -0.2) is 4.79 Å². The van der Waals surface area contributed by atoms with Crippen LogP contribution in [0.5, 0.6) is 0 Å². The molecule has 16 heavy (non-hydrogen) atoms. The molecule has 7 heteroatoms. The van der Waals surface area contributed by atoms with Gasteiger partial charge in [-0.2, -0.15) is 0 Å². The van der Waals surface area contributed by atoms with Gasteiger partial charge in [0.2, 0.25) is 5.76 Å². The number of hydrogen-bond acceptors (Lipinski definition) is 4. The number of carbonyl (C=O) groups is 1. The molecule has 2 N–H and O–H groups in total. The topological polar surface area (TPSA) is 68.7 Å². The van der Waals surface area contributed by atoms with Crippen LogP contribution in [0.1, 0.15) is 23.2 Å². The van der Waals surface area contributed by atoms with E-state index in [9.17, 15) is 4.79 Å². The third-order valence-electron chi connectivity index (χ3n) is 1.67. The highest BCUT2D eigenvalue weighted by Gasteiger charge is 2.13. The molecule has 0 saturated carbocycles. The lowest BCUT2D eigenvalue weighted by atomic mass is 10.4.